The fourth-order valence-electron chi connectivity index (χ4n) is 4.81. The molecule has 5 rings (SSSR count). The van der Waals surface area contributed by atoms with Crippen LogP contribution in [0, 0.1) is 0 Å². The van der Waals surface area contributed by atoms with Crippen molar-refractivity contribution in [1.82, 2.24) is 24.8 Å². The zero-order chi connectivity index (χ0) is 25.1. The van der Waals surface area contributed by atoms with E-state index in [1.165, 1.54) is 0 Å². The van der Waals surface area contributed by atoms with Gasteiger partial charge in [0.2, 0.25) is 0 Å². The summed E-state index contributed by atoms with van der Waals surface area (Å²) in [5, 5.41) is 4.71. The molecule has 186 valence electrons. The molecule has 0 saturated carbocycles. The van der Waals surface area contributed by atoms with Crippen LogP contribution >= 0.6 is 11.6 Å². The van der Waals surface area contributed by atoms with Gasteiger partial charge >= 0.3 is 6.09 Å². The maximum Gasteiger partial charge on any atom is 0.410 e. The lowest BCUT2D eigenvalue weighted by molar-refractivity contribution is 0.0926. The molecule has 0 radical (unpaired) electrons. The van der Waals surface area contributed by atoms with Gasteiger partial charge in [-0.3, -0.25) is 9.69 Å². The van der Waals surface area contributed by atoms with Crippen molar-refractivity contribution >= 4 is 34.5 Å². The van der Waals surface area contributed by atoms with Gasteiger partial charge in [0, 0.05) is 59.2 Å². The van der Waals surface area contributed by atoms with Crippen LogP contribution in [0.25, 0.3) is 10.9 Å². The molecule has 2 aromatic carbocycles. The Balaban J connectivity index is 1.37. The Morgan fingerprint density at radius 1 is 1.22 bits per heavy atom. The molecule has 2 N–H and O–H groups in total. The van der Waals surface area contributed by atoms with E-state index in [1.807, 2.05) is 41.1 Å². The Bertz CT molecular complexity index is 1360. The van der Waals surface area contributed by atoms with E-state index < -0.39 is 0 Å². The van der Waals surface area contributed by atoms with Crippen molar-refractivity contribution in [2.45, 2.75) is 32.4 Å². The predicted octanol–water partition coefficient (Wildman–Crippen LogP) is 4.94. The van der Waals surface area contributed by atoms with E-state index in [9.17, 15) is 9.59 Å². The summed E-state index contributed by atoms with van der Waals surface area (Å²) in [5.41, 5.74) is 4.55. The van der Waals surface area contributed by atoms with Gasteiger partial charge in [-0.15, -0.1) is 0 Å². The summed E-state index contributed by atoms with van der Waals surface area (Å²) >= 11 is 6.27. The van der Waals surface area contributed by atoms with E-state index in [2.05, 4.69) is 15.3 Å². The SMILES string of the molecule is CCOC(=O)N1CCc2c([nH]c3ccc(Cl)cc23)C1c1ccc(C(=O)NCCCn2ccnc2)cc1. The maximum absolute atomic E-state index is 12.9. The third kappa shape index (κ3) is 4.81. The van der Waals surface area contributed by atoms with E-state index >= 15 is 0 Å². The number of aryl methyl sites for hydroxylation is 1. The number of hydrogen-bond donors (Lipinski definition) is 2. The molecule has 0 spiro atoms. The number of ether oxygens (including phenoxy) is 1. The number of fused-ring (bicyclic) bond motifs is 3. The van der Waals surface area contributed by atoms with E-state index in [4.69, 9.17) is 16.3 Å². The van der Waals surface area contributed by atoms with Gasteiger partial charge in [0.05, 0.1) is 12.9 Å². The quantitative estimate of drug-likeness (QED) is 0.348. The van der Waals surface area contributed by atoms with Gasteiger partial charge in [0.15, 0.2) is 0 Å². The standard InChI is InChI=1S/C27H28ClN5O3/c1-2-36-27(35)33-14-10-21-22-16-20(28)8-9-23(22)31-24(21)25(33)18-4-6-19(7-5-18)26(34)30-11-3-13-32-15-12-29-17-32/h4-9,12,15-17,25,31H,2-3,10-11,13-14H2,1H3,(H,30,34). The number of nitrogens with zero attached hydrogens (tertiary/aromatic N) is 3. The van der Waals surface area contributed by atoms with Crippen LogP contribution in [0.15, 0.2) is 61.2 Å². The smallest absolute Gasteiger partial charge is 0.410 e. The molecule has 4 aromatic rings. The van der Waals surface area contributed by atoms with Gasteiger partial charge in [-0.25, -0.2) is 9.78 Å². The van der Waals surface area contributed by atoms with Gasteiger partial charge in [-0.05, 0) is 61.2 Å². The molecule has 2 aromatic heterocycles. The fourth-order valence-corrected chi connectivity index (χ4v) is 4.98. The van der Waals surface area contributed by atoms with Crippen molar-refractivity contribution in [2.24, 2.45) is 0 Å². The number of aromatic amines is 1. The number of rotatable bonds is 7. The number of aromatic nitrogens is 3. The normalized spacial score (nSPS) is 15.1. The highest BCUT2D eigenvalue weighted by molar-refractivity contribution is 6.31. The van der Waals surface area contributed by atoms with Gasteiger partial charge in [0.1, 0.15) is 6.04 Å². The fraction of sp³-hybridized carbons (Fsp3) is 0.296. The summed E-state index contributed by atoms with van der Waals surface area (Å²) in [4.78, 5) is 34.8. The van der Waals surface area contributed by atoms with E-state index in [-0.39, 0.29) is 18.0 Å². The molecule has 1 aliphatic rings. The molecule has 9 heteroatoms. The molecular weight excluding hydrogens is 478 g/mol. The number of nitrogens with one attached hydrogen (secondary N) is 2. The van der Waals surface area contributed by atoms with Gasteiger partial charge in [-0.1, -0.05) is 23.7 Å². The number of imidazole rings is 1. The van der Waals surface area contributed by atoms with Crippen LogP contribution in [0.2, 0.25) is 5.02 Å². The molecule has 36 heavy (non-hydrogen) atoms. The highest BCUT2D eigenvalue weighted by Crippen LogP contribution is 2.39. The first-order valence-corrected chi connectivity index (χ1v) is 12.5. The summed E-state index contributed by atoms with van der Waals surface area (Å²) in [6.07, 6.45) is 6.55. The first kappa shape index (κ1) is 23.9. The Hall–Kier alpha value is -3.78. The van der Waals surface area contributed by atoms with Crippen LogP contribution < -0.4 is 5.32 Å². The summed E-state index contributed by atoms with van der Waals surface area (Å²) < 4.78 is 7.35. The first-order valence-electron chi connectivity index (χ1n) is 12.1. The lowest BCUT2D eigenvalue weighted by atomic mass is 9.92. The van der Waals surface area contributed by atoms with Crippen LogP contribution in [0.5, 0.6) is 0 Å². The van der Waals surface area contributed by atoms with Crippen LogP contribution in [0.4, 0.5) is 4.79 Å². The molecule has 1 unspecified atom stereocenters. The second-order valence-electron chi connectivity index (χ2n) is 8.78. The van der Waals surface area contributed by atoms with Crippen molar-refractivity contribution < 1.29 is 14.3 Å². The number of hydrogen-bond acceptors (Lipinski definition) is 4. The van der Waals surface area contributed by atoms with Crippen molar-refractivity contribution in [3.63, 3.8) is 0 Å². The van der Waals surface area contributed by atoms with Crippen LogP contribution in [0.1, 0.15) is 46.6 Å². The van der Waals surface area contributed by atoms with Crippen LogP contribution in [-0.2, 0) is 17.7 Å². The largest absolute Gasteiger partial charge is 0.450 e. The monoisotopic (exact) mass is 505 g/mol. The van der Waals surface area contributed by atoms with Gasteiger partial charge in [-0.2, -0.15) is 0 Å². The maximum atomic E-state index is 12.9. The van der Waals surface area contributed by atoms with Crippen LogP contribution in [-0.4, -0.2) is 51.1 Å². The molecular formula is C27H28ClN5O3. The molecule has 0 saturated heterocycles. The lowest BCUT2D eigenvalue weighted by Crippen LogP contribution is -2.41. The Morgan fingerprint density at radius 2 is 2.06 bits per heavy atom. The number of benzene rings is 2. The topological polar surface area (TPSA) is 92.2 Å². The average Bonchev–Trinajstić information content (AvgIpc) is 3.54. The lowest BCUT2D eigenvalue weighted by Gasteiger charge is -2.35. The zero-order valence-electron chi connectivity index (χ0n) is 20.0. The van der Waals surface area contributed by atoms with E-state index in [0.29, 0.717) is 36.7 Å². The van der Waals surface area contributed by atoms with Crippen molar-refractivity contribution in [3.05, 3.63) is 88.6 Å². The second-order valence-corrected chi connectivity index (χ2v) is 9.22. The van der Waals surface area contributed by atoms with E-state index in [1.54, 1.807) is 36.5 Å². The molecule has 0 aliphatic carbocycles. The van der Waals surface area contributed by atoms with Crippen molar-refractivity contribution in [3.8, 4) is 0 Å². The number of carbonyl (C=O) groups excluding carboxylic acids is 2. The summed E-state index contributed by atoms with van der Waals surface area (Å²) in [7, 11) is 0. The summed E-state index contributed by atoms with van der Waals surface area (Å²) in [6.45, 7) is 3.99. The first-order chi connectivity index (χ1) is 17.5. The number of halogens is 1. The number of amides is 2. The molecule has 2 amide bonds. The second kappa shape index (κ2) is 10.5. The van der Waals surface area contributed by atoms with Crippen molar-refractivity contribution in [2.75, 3.05) is 19.7 Å². The minimum Gasteiger partial charge on any atom is -0.450 e. The number of carbonyl (C=O) groups is 2. The summed E-state index contributed by atoms with van der Waals surface area (Å²) in [6, 6.07) is 12.8. The summed E-state index contributed by atoms with van der Waals surface area (Å²) in [5.74, 6) is -0.126. The Labute approximate surface area is 214 Å². The third-order valence-corrected chi connectivity index (χ3v) is 6.75. The average molecular weight is 506 g/mol. The molecule has 1 aliphatic heterocycles. The van der Waals surface area contributed by atoms with Crippen LogP contribution in [0.3, 0.4) is 0 Å². The Morgan fingerprint density at radius 3 is 2.81 bits per heavy atom. The van der Waals surface area contributed by atoms with E-state index in [0.717, 1.165) is 40.7 Å². The third-order valence-electron chi connectivity index (χ3n) is 6.52. The van der Waals surface area contributed by atoms with Gasteiger partial charge in [0.25, 0.3) is 5.91 Å². The minimum absolute atomic E-state index is 0.126. The molecule has 1 atom stereocenters. The predicted molar refractivity (Wildman–Crippen MR) is 138 cm³/mol. The highest BCUT2D eigenvalue weighted by atomic mass is 35.5. The number of H-pyrrole nitrogens is 1. The molecule has 8 nitrogen and oxygen atoms in total. The molecule has 0 fully saturated rings. The van der Waals surface area contributed by atoms with Crippen molar-refractivity contribution in [1.29, 1.82) is 0 Å². The highest BCUT2D eigenvalue weighted by Gasteiger charge is 2.35. The minimum atomic E-state index is -0.357. The molecule has 3 heterocycles. The van der Waals surface area contributed by atoms with Gasteiger partial charge < -0.3 is 19.6 Å². The molecule has 0 bridgehead atoms. The Kier molecular flexibility index (Phi) is 6.95. The zero-order valence-corrected chi connectivity index (χ0v) is 20.8.